The van der Waals surface area contributed by atoms with Crippen molar-refractivity contribution in [2.24, 2.45) is 0 Å². The lowest BCUT2D eigenvalue weighted by Gasteiger charge is -2.19. The molecule has 56 heavy (non-hydrogen) atoms. The van der Waals surface area contributed by atoms with Crippen LogP contribution in [0, 0.1) is 0 Å². The van der Waals surface area contributed by atoms with Gasteiger partial charge in [0.05, 0.1) is 18.8 Å². The number of unbranched alkanes of at least 4 members (excludes halogenated alkanes) is 29. The molecule has 0 fully saturated rings. The number of allylic oxidation sites excluding steroid dienone is 9. The third-order valence-electron chi connectivity index (χ3n) is 10.9. The van der Waals surface area contributed by atoms with Crippen LogP contribution >= 0.6 is 0 Å². The number of aliphatic hydroxyl groups excluding tert-OH is 2. The number of rotatable bonds is 44. The lowest BCUT2D eigenvalue weighted by atomic mass is 10.0. The highest BCUT2D eigenvalue weighted by molar-refractivity contribution is 5.76. The second kappa shape index (κ2) is 47.5. The van der Waals surface area contributed by atoms with Crippen LogP contribution in [0.1, 0.15) is 245 Å². The molecule has 0 bridgehead atoms. The predicted molar refractivity (Wildman–Crippen MR) is 248 cm³/mol. The van der Waals surface area contributed by atoms with Gasteiger partial charge in [-0.2, -0.15) is 0 Å². The number of carbonyl (C=O) groups is 1. The molecule has 0 aromatic rings. The van der Waals surface area contributed by atoms with Crippen molar-refractivity contribution in [1.29, 1.82) is 0 Å². The van der Waals surface area contributed by atoms with E-state index in [4.69, 9.17) is 0 Å². The summed E-state index contributed by atoms with van der Waals surface area (Å²) in [6.45, 7) is 4.22. The number of aliphatic hydroxyl groups is 2. The van der Waals surface area contributed by atoms with Gasteiger partial charge in [-0.3, -0.25) is 4.79 Å². The van der Waals surface area contributed by atoms with Crippen LogP contribution in [0.4, 0.5) is 0 Å². The number of nitrogens with one attached hydrogen (secondary N) is 1. The fraction of sp³-hybridized carbons (Fsp3) is 0.788. The molecule has 4 nitrogen and oxygen atoms in total. The molecule has 0 saturated carbocycles. The molecule has 0 aromatic carbocycles. The standard InChI is InChI=1S/C52H95NO3/c1-3-5-7-9-11-13-15-16-17-18-19-20-21-22-23-24-25-26-27-28-29-30-31-32-33-34-35-36-38-40-42-44-46-48-52(56)53-50(49-54)51(55)47-45-43-41-39-37-14-12-10-8-6-4-2/h8,10,19-20,22-23,37,39,45,47,50-51,54-55H,3-7,9,11-18,21,24-36,38,40-44,46,48-49H2,1-2H3,(H,53,56)/b10-8+,20-19-,23-22-,39-37+,47-45+. The van der Waals surface area contributed by atoms with Crippen molar-refractivity contribution in [2.75, 3.05) is 6.61 Å². The van der Waals surface area contributed by atoms with Crippen molar-refractivity contribution in [3.8, 4) is 0 Å². The van der Waals surface area contributed by atoms with Crippen LogP contribution < -0.4 is 5.32 Å². The molecule has 0 heterocycles. The van der Waals surface area contributed by atoms with Crippen molar-refractivity contribution in [1.82, 2.24) is 5.32 Å². The minimum absolute atomic E-state index is 0.0796. The normalized spacial score (nSPS) is 13.4. The first kappa shape index (κ1) is 54.1. The third-order valence-corrected chi connectivity index (χ3v) is 10.9. The first-order valence-electron chi connectivity index (χ1n) is 24.5. The zero-order valence-electron chi connectivity index (χ0n) is 37.4. The van der Waals surface area contributed by atoms with Gasteiger partial charge in [0, 0.05) is 6.42 Å². The van der Waals surface area contributed by atoms with Gasteiger partial charge >= 0.3 is 0 Å². The van der Waals surface area contributed by atoms with E-state index in [1.807, 2.05) is 6.08 Å². The van der Waals surface area contributed by atoms with Gasteiger partial charge in [0.25, 0.3) is 0 Å². The molecule has 0 aliphatic heterocycles. The van der Waals surface area contributed by atoms with Crippen LogP contribution in [0.5, 0.6) is 0 Å². The molecular weight excluding hydrogens is 687 g/mol. The maximum absolute atomic E-state index is 12.4. The summed E-state index contributed by atoms with van der Waals surface area (Å²) in [5, 5.41) is 22.9. The molecule has 0 saturated heterocycles. The minimum atomic E-state index is -0.869. The Morgan fingerprint density at radius 2 is 0.786 bits per heavy atom. The van der Waals surface area contributed by atoms with E-state index in [-0.39, 0.29) is 12.5 Å². The van der Waals surface area contributed by atoms with Gasteiger partial charge in [-0.25, -0.2) is 0 Å². The van der Waals surface area contributed by atoms with Gasteiger partial charge < -0.3 is 15.5 Å². The van der Waals surface area contributed by atoms with E-state index in [0.29, 0.717) is 6.42 Å². The average molecular weight is 782 g/mol. The lowest BCUT2D eigenvalue weighted by Crippen LogP contribution is -2.45. The molecule has 0 aliphatic rings. The summed E-state index contributed by atoms with van der Waals surface area (Å²) in [5.41, 5.74) is 0. The van der Waals surface area contributed by atoms with Crippen molar-refractivity contribution >= 4 is 5.91 Å². The second-order valence-corrected chi connectivity index (χ2v) is 16.5. The Balaban J connectivity index is 3.46. The van der Waals surface area contributed by atoms with Crippen molar-refractivity contribution in [3.05, 3.63) is 60.8 Å². The highest BCUT2D eigenvalue weighted by atomic mass is 16.3. The molecule has 4 heteroatoms. The maximum atomic E-state index is 12.4. The fourth-order valence-electron chi connectivity index (χ4n) is 7.19. The highest BCUT2D eigenvalue weighted by Crippen LogP contribution is 2.15. The van der Waals surface area contributed by atoms with Crippen molar-refractivity contribution in [2.45, 2.75) is 257 Å². The van der Waals surface area contributed by atoms with Gasteiger partial charge in [0.1, 0.15) is 0 Å². The van der Waals surface area contributed by atoms with Gasteiger partial charge in [0.2, 0.25) is 5.91 Å². The Morgan fingerprint density at radius 1 is 0.429 bits per heavy atom. The Bertz CT molecular complexity index is 934. The molecule has 0 aliphatic carbocycles. The van der Waals surface area contributed by atoms with Crippen LogP contribution in [0.2, 0.25) is 0 Å². The Hall–Kier alpha value is -1.91. The van der Waals surface area contributed by atoms with Gasteiger partial charge in [-0.15, -0.1) is 0 Å². The average Bonchev–Trinajstić information content (AvgIpc) is 3.20. The first-order valence-corrected chi connectivity index (χ1v) is 24.5. The molecule has 0 spiro atoms. The van der Waals surface area contributed by atoms with E-state index in [9.17, 15) is 15.0 Å². The predicted octanol–water partition coefficient (Wildman–Crippen LogP) is 15.7. The van der Waals surface area contributed by atoms with Crippen LogP contribution in [-0.4, -0.2) is 34.9 Å². The summed E-state index contributed by atoms with van der Waals surface area (Å²) in [7, 11) is 0. The Labute approximate surface area is 349 Å². The summed E-state index contributed by atoms with van der Waals surface area (Å²) >= 11 is 0. The van der Waals surface area contributed by atoms with Crippen LogP contribution in [0.15, 0.2) is 60.8 Å². The number of carbonyl (C=O) groups excluding carboxylic acids is 1. The molecule has 2 unspecified atom stereocenters. The number of amides is 1. The molecule has 326 valence electrons. The molecule has 0 radical (unpaired) electrons. The van der Waals surface area contributed by atoms with E-state index in [1.54, 1.807) is 6.08 Å². The quantitative estimate of drug-likeness (QED) is 0.0426. The minimum Gasteiger partial charge on any atom is -0.394 e. The van der Waals surface area contributed by atoms with Gasteiger partial charge in [0.15, 0.2) is 0 Å². The SMILES string of the molecule is CCC/C=C/CC/C=C/CC/C=C/C(O)C(CO)NC(=O)CCCCCCCCCCCCCCCCCCC/C=C\C/C=C\CCCCCCCCCCC. The molecule has 3 N–H and O–H groups in total. The second-order valence-electron chi connectivity index (χ2n) is 16.5. The van der Waals surface area contributed by atoms with Crippen molar-refractivity contribution in [3.63, 3.8) is 0 Å². The van der Waals surface area contributed by atoms with Gasteiger partial charge in [-0.1, -0.05) is 229 Å². The molecule has 0 rings (SSSR count). The number of hydrogen-bond donors (Lipinski definition) is 3. The van der Waals surface area contributed by atoms with Gasteiger partial charge in [-0.05, 0) is 70.6 Å². The summed E-state index contributed by atoms with van der Waals surface area (Å²) < 4.78 is 0. The topological polar surface area (TPSA) is 69.6 Å². The molecule has 2 atom stereocenters. The monoisotopic (exact) mass is 782 g/mol. The summed E-state index contributed by atoms with van der Waals surface area (Å²) in [6.07, 6.45) is 66.6. The zero-order chi connectivity index (χ0) is 40.7. The molecular formula is C52H95NO3. The largest absolute Gasteiger partial charge is 0.394 e. The van der Waals surface area contributed by atoms with E-state index >= 15 is 0 Å². The summed E-state index contributed by atoms with van der Waals surface area (Å²) in [4.78, 5) is 12.4. The van der Waals surface area contributed by atoms with E-state index < -0.39 is 12.1 Å². The smallest absolute Gasteiger partial charge is 0.220 e. The summed E-state index contributed by atoms with van der Waals surface area (Å²) in [6, 6.07) is -0.645. The van der Waals surface area contributed by atoms with Crippen LogP contribution in [-0.2, 0) is 4.79 Å². The zero-order valence-corrected chi connectivity index (χ0v) is 37.4. The third kappa shape index (κ3) is 43.2. The van der Waals surface area contributed by atoms with E-state index in [1.165, 1.54) is 173 Å². The molecule has 0 aromatic heterocycles. The van der Waals surface area contributed by atoms with E-state index in [2.05, 4.69) is 67.8 Å². The van der Waals surface area contributed by atoms with E-state index in [0.717, 1.165) is 51.4 Å². The highest BCUT2D eigenvalue weighted by Gasteiger charge is 2.17. The first-order chi connectivity index (χ1) is 27.7. The Morgan fingerprint density at radius 3 is 1.20 bits per heavy atom. The van der Waals surface area contributed by atoms with Crippen LogP contribution in [0.3, 0.4) is 0 Å². The van der Waals surface area contributed by atoms with Crippen molar-refractivity contribution < 1.29 is 15.0 Å². The van der Waals surface area contributed by atoms with Crippen LogP contribution in [0.25, 0.3) is 0 Å². The summed E-state index contributed by atoms with van der Waals surface area (Å²) in [5.74, 6) is -0.0796. The molecule has 1 amide bonds. The maximum Gasteiger partial charge on any atom is 0.220 e. The fourth-order valence-corrected chi connectivity index (χ4v) is 7.19. The Kier molecular flexibility index (Phi) is 45.8. The lowest BCUT2D eigenvalue weighted by molar-refractivity contribution is -0.123. The number of hydrogen-bond acceptors (Lipinski definition) is 3.